The minimum Gasteiger partial charge on any atom is -0.463 e. The highest BCUT2D eigenvalue weighted by Gasteiger charge is 2.09. The third kappa shape index (κ3) is 3.44. The number of nitrogens with one attached hydrogen (secondary N) is 1. The van der Waals surface area contributed by atoms with Gasteiger partial charge in [-0.2, -0.15) is 0 Å². The van der Waals surface area contributed by atoms with Gasteiger partial charge in [-0.25, -0.2) is 14.8 Å². The zero-order chi connectivity index (χ0) is 12.0. The Morgan fingerprint density at radius 3 is 3.06 bits per heavy atom. The van der Waals surface area contributed by atoms with Crippen LogP contribution in [-0.4, -0.2) is 52.5 Å². The average Bonchev–Trinajstić information content (AvgIpc) is 2.35. The van der Waals surface area contributed by atoms with Crippen LogP contribution >= 0.6 is 0 Å². The molecule has 0 saturated carbocycles. The summed E-state index contributed by atoms with van der Waals surface area (Å²) in [6, 6.07) is 1.54. The van der Waals surface area contributed by atoms with Gasteiger partial charge in [-0.3, -0.25) is 0 Å². The first-order valence-electron chi connectivity index (χ1n) is 4.61. The lowest BCUT2D eigenvalue weighted by Crippen LogP contribution is -2.23. The zero-order valence-electron chi connectivity index (χ0n) is 8.75. The number of methoxy groups -OCH3 is 1. The Bertz CT molecular complexity index is 358. The summed E-state index contributed by atoms with van der Waals surface area (Å²) < 4.78 is 4.46. The van der Waals surface area contributed by atoms with Crippen LogP contribution in [0, 0.1) is 0 Å². The van der Waals surface area contributed by atoms with Gasteiger partial charge in [0, 0.05) is 12.7 Å². The van der Waals surface area contributed by atoms with E-state index < -0.39 is 12.1 Å². The lowest BCUT2D eigenvalue weighted by atomic mass is 10.4. The van der Waals surface area contributed by atoms with E-state index in [0.717, 1.165) is 0 Å². The Labute approximate surface area is 92.1 Å². The Hall–Kier alpha value is -1.73. The number of hydrogen-bond donors (Lipinski definition) is 3. The molecule has 1 atom stereocenters. The number of esters is 1. The first-order chi connectivity index (χ1) is 7.67. The molecule has 1 aromatic rings. The molecule has 3 N–H and O–H groups in total. The van der Waals surface area contributed by atoms with Crippen molar-refractivity contribution < 1.29 is 19.7 Å². The highest BCUT2D eigenvalue weighted by Crippen LogP contribution is 2.02. The summed E-state index contributed by atoms with van der Waals surface area (Å²) in [6.07, 6.45) is 0.518. The molecule has 1 aromatic heterocycles. The number of anilines is 1. The molecule has 16 heavy (non-hydrogen) atoms. The van der Waals surface area contributed by atoms with Crippen molar-refractivity contribution in [2.24, 2.45) is 0 Å². The molecule has 0 amide bonds. The quantitative estimate of drug-likeness (QED) is 0.556. The minimum absolute atomic E-state index is 0.0639. The molecule has 1 rings (SSSR count). The van der Waals surface area contributed by atoms with Crippen molar-refractivity contribution in [2.75, 3.05) is 25.6 Å². The maximum atomic E-state index is 11.1. The molecule has 0 aliphatic rings. The van der Waals surface area contributed by atoms with Crippen LogP contribution in [0.25, 0.3) is 0 Å². The number of aliphatic hydroxyl groups excluding tert-OH is 2. The van der Waals surface area contributed by atoms with Crippen LogP contribution in [0.15, 0.2) is 12.3 Å². The summed E-state index contributed by atoms with van der Waals surface area (Å²) in [5, 5.41) is 20.4. The van der Waals surface area contributed by atoms with Gasteiger partial charge in [0.1, 0.15) is 5.82 Å². The molecule has 7 heteroatoms. The molecular weight excluding hydrogens is 214 g/mol. The number of rotatable bonds is 5. The molecule has 0 saturated heterocycles. The highest BCUT2D eigenvalue weighted by atomic mass is 16.5. The van der Waals surface area contributed by atoms with Crippen LogP contribution in [0.1, 0.15) is 10.6 Å². The third-order valence-electron chi connectivity index (χ3n) is 1.75. The predicted molar refractivity (Wildman–Crippen MR) is 55.0 cm³/mol. The van der Waals surface area contributed by atoms with Gasteiger partial charge < -0.3 is 20.3 Å². The summed E-state index contributed by atoms with van der Waals surface area (Å²) in [6.45, 7) is -0.212. The van der Waals surface area contributed by atoms with E-state index in [9.17, 15) is 4.79 Å². The van der Waals surface area contributed by atoms with Crippen molar-refractivity contribution in [2.45, 2.75) is 6.10 Å². The van der Waals surface area contributed by atoms with Crippen LogP contribution in [0.4, 0.5) is 5.82 Å². The van der Waals surface area contributed by atoms with Crippen molar-refractivity contribution in [1.82, 2.24) is 9.97 Å². The molecule has 1 unspecified atom stereocenters. The SMILES string of the molecule is COC(=O)c1nccc(NCC(O)CO)n1. The highest BCUT2D eigenvalue weighted by molar-refractivity contribution is 5.85. The predicted octanol–water partition coefficient (Wildman–Crippen LogP) is -0.972. The lowest BCUT2D eigenvalue weighted by molar-refractivity contribution is 0.0587. The molecule has 0 aromatic carbocycles. The zero-order valence-corrected chi connectivity index (χ0v) is 8.75. The Morgan fingerprint density at radius 1 is 1.69 bits per heavy atom. The summed E-state index contributed by atoms with van der Waals surface area (Å²) in [7, 11) is 1.24. The molecule has 0 spiro atoms. The lowest BCUT2D eigenvalue weighted by Gasteiger charge is -2.09. The fraction of sp³-hybridized carbons (Fsp3) is 0.444. The first kappa shape index (κ1) is 12.3. The molecule has 7 nitrogen and oxygen atoms in total. The van der Waals surface area contributed by atoms with E-state index in [1.54, 1.807) is 0 Å². The molecule has 0 aliphatic carbocycles. The molecule has 1 heterocycles. The van der Waals surface area contributed by atoms with E-state index in [1.165, 1.54) is 19.4 Å². The molecule has 0 aliphatic heterocycles. The topological polar surface area (TPSA) is 105 Å². The fourth-order valence-corrected chi connectivity index (χ4v) is 0.934. The minimum atomic E-state index is -0.878. The molecule has 0 radical (unpaired) electrons. The molecular formula is C9H13N3O4. The summed E-state index contributed by atoms with van der Waals surface area (Å²) in [4.78, 5) is 18.7. The van der Waals surface area contributed by atoms with Gasteiger partial charge in [0.2, 0.25) is 5.82 Å². The number of aromatic nitrogens is 2. The normalized spacial score (nSPS) is 11.9. The second-order valence-electron chi connectivity index (χ2n) is 2.97. The maximum Gasteiger partial charge on any atom is 0.376 e. The van der Waals surface area contributed by atoms with Gasteiger partial charge in [0.05, 0.1) is 19.8 Å². The van der Waals surface area contributed by atoms with E-state index >= 15 is 0 Å². The van der Waals surface area contributed by atoms with E-state index in [1.807, 2.05) is 0 Å². The first-order valence-corrected chi connectivity index (χ1v) is 4.61. The van der Waals surface area contributed by atoms with Crippen molar-refractivity contribution in [3.8, 4) is 0 Å². The van der Waals surface area contributed by atoms with Gasteiger partial charge in [-0.05, 0) is 6.07 Å². The standard InChI is InChI=1S/C9H13N3O4/c1-16-9(15)8-10-3-2-7(12-8)11-4-6(14)5-13/h2-3,6,13-14H,4-5H2,1H3,(H,10,11,12). The van der Waals surface area contributed by atoms with Crippen molar-refractivity contribution in [3.63, 3.8) is 0 Å². The van der Waals surface area contributed by atoms with Gasteiger partial charge in [0.15, 0.2) is 0 Å². The van der Waals surface area contributed by atoms with Gasteiger partial charge in [0.25, 0.3) is 0 Å². The van der Waals surface area contributed by atoms with Gasteiger partial charge in [-0.1, -0.05) is 0 Å². The van der Waals surface area contributed by atoms with Crippen molar-refractivity contribution in [1.29, 1.82) is 0 Å². The van der Waals surface area contributed by atoms with E-state index in [-0.39, 0.29) is 19.0 Å². The van der Waals surface area contributed by atoms with E-state index in [4.69, 9.17) is 10.2 Å². The van der Waals surface area contributed by atoms with Crippen molar-refractivity contribution >= 4 is 11.8 Å². The van der Waals surface area contributed by atoms with Crippen LogP contribution in [-0.2, 0) is 4.74 Å². The van der Waals surface area contributed by atoms with Crippen LogP contribution in [0.5, 0.6) is 0 Å². The van der Waals surface area contributed by atoms with Crippen molar-refractivity contribution in [3.05, 3.63) is 18.1 Å². The summed E-state index contributed by atoms with van der Waals surface area (Å²) in [5.41, 5.74) is 0. The number of hydrogen-bond acceptors (Lipinski definition) is 7. The van der Waals surface area contributed by atoms with Crippen LogP contribution < -0.4 is 5.32 Å². The molecule has 0 fully saturated rings. The number of aliphatic hydroxyl groups is 2. The van der Waals surface area contributed by atoms with Gasteiger partial charge >= 0.3 is 5.97 Å². The maximum absolute atomic E-state index is 11.1. The summed E-state index contributed by atoms with van der Waals surface area (Å²) >= 11 is 0. The van der Waals surface area contributed by atoms with Gasteiger partial charge in [-0.15, -0.1) is 0 Å². The largest absolute Gasteiger partial charge is 0.463 e. The Kier molecular flexibility index (Phi) is 4.62. The molecule has 0 bridgehead atoms. The van der Waals surface area contributed by atoms with Crippen LogP contribution in [0.2, 0.25) is 0 Å². The smallest absolute Gasteiger partial charge is 0.376 e. The number of carbonyl (C=O) groups excluding carboxylic acids is 1. The second kappa shape index (κ2) is 5.99. The van der Waals surface area contributed by atoms with Crippen LogP contribution in [0.3, 0.4) is 0 Å². The fourth-order valence-electron chi connectivity index (χ4n) is 0.934. The summed E-state index contributed by atoms with van der Waals surface area (Å²) in [5.74, 6) is -0.319. The number of carbonyl (C=O) groups is 1. The average molecular weight is 227 g/mol. The number of nitrogens with zero attached hydrogens (tertiary/aromatic N) is 2. The van der Waals surface area contributed by atoms with E-state index in [0.29, 0.717) is 5.82 Å². The van der Waals surface area contributed by atoms with E-state index in [2.05, 4.69) is 20.0 Å². The monoisotopic (exact) mass is 227 g/mol. The Balaban J connectivity index is 2.64. The molecule has 88 valence electrons. The number of ether oxygens (including phenoxy) is 1. The second-order valence-corrected chi connectivity index (χ2v) is 2.97. The Morgan fingerprint density at radius 2 is 2.44 bits per heavy atom. The third-order valence-corrected chi connectivity index (χ3v) is 1.75.